The van der Waals surface area contributed by atoms with Crippen LogP contribution in [0.5, 0.6) is 0 Å². The van der Waals surface area contributed by atoms with E-state index in [1.54, 1.807) is 26.0 Å². The van der Waals surface area contributed by atoms with E-state index in [1.807, 2.05) is 12.1 Å². The zero-order chi connectivity index (χ0) is 21.4. The van der Waals surface area contributed by atoms with Crippen LogP contribution in [0.25, 0.3) is 0 Å². The van der Waals surface area contributed by atoms with E-state index in [-0.39, 0.29) is 10.8 Å². The molecule has 2 aromatic rings. The van der Waals surface area contributed by atoms with Crippen molar-refractivity contribution in [2.24, 2.45) is 0 Å². The zero-order valence-corrected chi connectivity index (χ0v) is 17.7. The molecule has 0 saturated heterocycles. The molecule has 0 aliphatic carbocycles. The van der Waals surface area contributed by atoms with Crippen LogP contribution in [0.4, 0.5) is 0 Å². The van der Waals surface area contributed by atoms with Crippen LogP contribution < -0.4 is 5.32 Å². The van der Waals surface area contributed by atoms with E-state index < -0.39 is 16.0 Å². The van der Waals surface area contributed by atoms with Crippen LogP contribution >= 0.6 is 0 Å². The number of esters is 1. The van der Waals surface area contributed by atoms with Gasteiger partial charge in [0, 0.05) is 25.2 Å². The molecule has 0 aliphatic rings. The molecular formula is C21H26N2O5S. The highest BCUT2D eigenvalue weighted by Gasteiger charge is 2.21. The summed E-state index contributed by atoms with van der Waals surface area (Å²) in [6.07, 6.45) is 0.599. The number of rotatable bonds is 9. The number of sulfonamides is 1. The second-order valence-electron chi connectivity index (χ2n) is 6.31. The maximum atomic E-state index is 12.5. The highest BCUT2D eigenvalue weighted by molar-refractivity contribution is 7.89. The fraction of sp³-hybridized carbons (Fsp3) is 0.333. The van der Waals surface area contributed by atoms with Gasteiger partial charge in [-0.3, -0.25) is 4.79 Å². The van der Waals surface area contributed by atoms with Crippen LogP contribution in [0.2, 0.25) is 0 Å². The van der Waals surface area contributed by atoms with Gasteiger partial charge in [0.25, 0.3) is 5.91 Å². The first-order valence-electron chi connectivity index (χ1n) is 9.39. The van der Waals surface area contributed by atoms with Gasteiger partial charge in [-0.25, -0.2) is 13.2 Å². The summed E-state index contributed by atoms with van der Waals surface area (Å²) in [5, 5.41) is 2.81. The lowest BCUT2D eigenvalue weighted by molar-refractivity contribution is 0.0600. The third kappa shape index (κ3) is 5.65. The topological polar surface area (TPSA) is 92.8 Å². The number of ether oxygens (including phenoxy) is 1. The molecule has 0 fully saturated rings. The summed E-state index contributed by atoms with van der Waals surface area (Å²) in [5.41, 5.74) is 1.84. The first-order valence-corrected chi connectivity index (χ1v) is 10.8. The minimum atomic E-state index is -3.54. The Bertz CT molecular complexity index is 934. The summed E-state index contributed by atoms with van der Waals surface area (Å²) in [4.78, 5) is 23.9. The highest BCUT2D eigenvalue weighted by Crippen LogP contribution is 2.16. The lowest BCUT2D eigenvalue weighted by Crippen LogP contribution is -2.30. The van der Waals surface area contributed by atoms with Crippen molar-refractivity contribution in [1.29, 1.82) is 0 Å². The number of methoxy groups -OCH3 is 1. The molecule has 0 radical (unpaired) electrons. The molecule has 0 spiro atoms. The highest BCUT2D eigenvalue weighted by atomic mass is 32.2. The summed E-state index contributed by atoms with van der Waals surface area (Å²) in [6.45, 7) is 4.76. The van der Waals surface area contributed by atoms with Gasteiger partial charge in [0.05, 0.1) is 17.6 Å². The number of nitrogens with one attached hydrogen (secondary N) is 1. The van der Waals surface area contributed by atoms with Crippen LogP contribution in [0.15, 0.2) is 53.4 Å². The second-order valence-corrected chi connectivity index (χ2v) is 8.25. The summed E-state index contributed by atoms with van der Waals surface area (Å²) in [7, 11) is -2.21. The summed E-state index contributed by atoms with van der Waals surface area (Å²) >= 11 is 0. The van der Waals surface area contributed by atoms with Crippen molar-refractivity contribution in [3.05, 3.63) is 65.2 Å². The molecule has 0 bridgehead atoms. The van der Waals surface area contributed by atoms with Crippen molar-refractivity contribution in [3.63, 3.8) is 0 Å². The van der Waals surface area contributed by atoms with Crippen LogP contribution in [-0.2, 0) is 21.2 Å². The largest absolute Gasteiger partial charge is 0.465 e. The van der Waals surface area contributed by atoms with Crippen LogP contribution in [0.3, 0.4) is 0 Å². The molecule has 2 aromatic carbocycles. The quantitative estimate of drug-likeness (QED) is 0.632. The maximum absolute atomic E-state index is 12.5. The third-order valence-electron chi connectivity index (χ3n) is 4.53. The minimum Gasteiger partial charge on any atom is -0.465 e. The van der Waals surface area contributed by atoms with Gasteiger partial charge in [0.2, 0.25) is 10.0 Å². The molecule has 29 heavy (non-hydrogen) atoms. The Morgan fingerprint density at radius 3 is 2.00 bits per heavy atom. The van der Waals surface area contributed by atoms with Gasteiger partial charge in [0.1, 0.15) is 0 Å². The van der Waals surface area contributed by atoms with Crippen molar-refractivity contribution in [2.45, 2.75) is 25.2 Å². The van der Waals surface area contributed by atoms with Gasteiger partial charge in [-0.05, 0) is 48.4 Å². The van der Waals surface area contributed by atoms with Crippen LogP contribution in [0, 0.1) is 0 Å². The van der Waals surface area contributed by atoms with Crippen molar-refractivity contribution in [1.82, 2.24) is 9.62 Å². The van der Waals surface area contributed by atoms with Gasteiger partial charge in [0.15, 0.2) is 0 Å². The van der Waals surface area contributed by atoms with Crippen molar-refractivity contribution in [3.8, 4) is 0 Å². The molecule has 2 rings (SSSR count). The standard InChI is InChI=1S/C21H26N2O5S/c1-4-23(5-2)29(26,27)19-12-10-17(11-13-19)20(24)22-15-14-16-6-8-18(9-7-16)21(25)28-3/h6-13H,4-5,14-15H2,1-3H3,(H,22,24). The Morgan fingerprint density at radius 2 is 1.48 bits per heavy atom. The SMILES string of the molecule is CCN(CC)S(=O)(=O)c1ccc(C(=O)NCCc2ccc(C(=O)OC)cc2)cc1. The van der Waals surface area contributed by atoms with Crippen LogP contribution in [0.1, 0.15) is 40.1 Å². The Balaban J connectivity index is 1.93. The first-order chi connectivity index (χ1) is 13.8. The fourth-order valence-electron chi connectivity index (χ4n) is 2.84. The molecule has 0 atom stereocenters. The van der Waals surface area contributed by atoms with E-state index in [0.717, 1.165) is 5.56 Å². The number of hydrogen-bond acceptors (Lipinski definition) is 5. The molecule has 8 heteroatoms. The Morgan fingerprint density at radius 1 is 0.931 bits per heavy atom. The fourth-order valence-corrected chi connectivity index (χ4v) is 4.30. The van der Waals surface area contributed by atoms with Crippen molar-refractivity contribution < 1.29 is 22.7 Å². The van der Waals surface area contributed by atoms with Gasteiger partial charge in [-0.2, -0.15) is 4.31 Å². The molecule has 0 unspecified atom stereocenters. The van der Waals surface area contributed by atoms with Gasteiger partial charge in [-0.15, -0.1) is 0 Å². The first kappa shape index (κ1) is 22.6. The minimum absolute atomic E-state index is 0.170. The number of carbonyl (C=O) groups excluding carboxylic acids is 2. The van der Waals surface area contributed by atoms with Crippen LogP contribution in [-0.4, -0.2) is 51.3 Å². The normalized spacial score (nSPS) is 11.3. The number of nitrogens with zero attached hydrogens (tertiary/aromatic N) is 1. The van der Waals surface area contributed by atoms with E-state index in [4.69, 9.17) is 0 Å². The Labute approximate surface area is 171 Å². The molecule has 1 amide bonds. The van der Waals surface area contributed by atoms with E-state index in [9.17, 15) is 18.0 Å². The lowest BCUT2D eigenvalue weighted by Gasteiger charge is -2.18. The zero-order valence-electron chi connectivity index (χ0n) is 16.8. The molecule has 0 aromatic heterocycles. The number of carbonyl (C=O) groups is 2. The second kappa shape index (κ2) is 10.2. The summed E-state index contributed by atoms with van der Waals surface area (Å²) in [5.74, 6) is -0.667. The predicted molar refractivity (Wildman–Crippen MR) is 110 cm³/mol. The summed E-state index contributed by atoms with van der Waals surface area (Å²) in [6, 6.07) is 12.9. The van der Waals surface area contributed by atoms with Gasteiger partial charge < -0.3 is 10.1 Å². The van der Waals surface area contributed by atoms with E-state index in [2.05, 4.69) is 10.1 Å². The Kier molecular flexibility index (Phi) is 7.92. The monoisotopic (exact) mass is 418 g/mol. The van der Waals surface area contributed by atoms with Crippen molar-refractivity contribution in [2.75, 3.05) is 26.7 Å². The van der Waals surface area contributed by atoms with Crippen molar-refractivity contribution >= 4 is 21.9 Å². The van der Waals surface area contributed by atoms with Gasteiger partial charge in [-0.1, -0.05) is 26.0 Å². The molecule has 7 nitrogen and oxygen atoms in total. The molecular weight excluding hydrogens is 392 g/mol. The number of benzene rings is 2. The summed E-state index contributed by atoms with van der Waals surface area (Å²) < 4.78 is 31.0. The Hall–Kier alpha value is -2.71. The third-order valence-corrected chi connectivity index (χ3v) is 6.60. The van der Waals surface area contributed by atoms with E-state index >= 15 is 0 Å². The molecule has 156 valence electrons. The average molecular weight is 419 g/mol. The smallest absolute Gasteiger partial charge is 0.337 e. The maximum Gasteiger partial charge on any atom is 0.337 e. The van der Waals surface area contributed by atoms with E-state index in [0.29, 0.717) is 37.2 Å². The lowest BCUT2D eigenvalue weighted by atomic mass is 10.1. The molecule has 0 saturated carbocycles. The molecule has 1 N–H and O–H groups in total. The molecule has 0 heterocycles. The number of amides is 1. The average Bonchev–Trinajstić information content (AvgIpc) is 2.74. The predicted octanol–water partition coefficient (Wildman–Crippen LogP) is 2.48. The molecule has 0 aliphatic heterocycles. The van der Waals surface area contributed by atoms with Gasteiger partial charge >= 0.3 is 5.97 Å². The van der Waals surface area contributed by atoms with E-state index in [1.165, 1.54) is 35.7 Å². The number of hydrogen-bond donors (Lipinski definition) is 1.